The van der Waals surface area contributed by atoms with Gasteiger partial charge in [-0.15, -0.1) is 5.10 Å². The maximum absolute atomic E-state index is 10.7. The van der Waals surface area contributed by atoms with Crippen molar-refractivity contribution >= 4 is 37.9 Å². The second kappa shape index (κ2) is 8.64. The van der Waals surface area contributed by atoms with Crippen molar-refractivity contribution in [3.63, 3.8) is 0 Å². The first-order chi connectivity index (χ1) is 12.9. The quantitative estimate of drug-likeness (QED) is 0.331. The Kier molecular flexibility index (Phi) is 6.25. The molecule has 0 spiro atoms. The summed E-state index contributed by atoms with van der Waals surface area (Å²) in [5.41, 5.74) is 2.12. The molecule has 2 aromatic rings. The highest BCUT2D eigenvalue weighted by Crippen LogP contribution is 2.15. The SMILES string of the molecule is Cn1c(=NN=CC2=CCN(CCCCS(=O)(=O)O)C=C2)sc2ccccc21. The van der Waals surface area contributed by atoms with Crippen molar-refractivity contribution in [2.75, 3.05) is 18.8 Å². The minimum absolute atomic E-state index is 0.186. The van der Waals surface area contributed by atoms with E-state index in [0.717, 1.165) is 29.0 Å². The van der Waals surface area contributed by atoms with Crippen LogP contribution in [-0.2, 0) is 17.2 Å². The van der Waals surface area contributed by atoms with Crippen LogP contribution < -0.4 is 4.80 Å². The van der Waals surface area contributed by atoms with E-state index in [9.17, 15) is 8.42 Å². The summed E-state index contributed by atoms with van der Waals surface area (Å²) in [4.78, 5) is 2.93. The number of hydrogen-bond donors (Lipinski definition) is 1. The molecule has 1 N–H and O–H groups in total. The van der Waals surface area contributed by atoms with Crippen LogP contribution in [0.2, 0.25) is 0 Å². The number of para-hydroxylation sites is 1. The van der Waals surface area contributed by atoms with E-state index in [1.54, 1.807) is 17.6 Å². The van der Waals surface area contributed by atoms with Crippen LogP contribution in [0.3, 0.4) is 0 Å². The van der Waals surface area contributed by atoms with E-state index in [4.69, 9.17) is 4.55 Å². The molecule has 7 nitrogen and oxygen atoms in total. The summed E-state index contributed by atoms with van der Waals surface area (Å²) in [5.74, 6) is -0.186. The average Bonchev–Trinajstić information content (AvgIpc) is 2.96. The molecule has 27 heavy (non-hydrogen) atoms. The zero-order chi connectivity index (χ0) is 19.3. The standard InChI is InChI=1S/C18H22N4O3S2/c1-21-16-6-2-3-7-17(16)26-18(21)20-19-14-15-8-11-22(12-9-15)10-4-5-13-27(23,24)25/h2-3,6-9,11,14H,4-5,10,12-13H2,1H3,(H,23,24,25). The van der Waals surface area contributed by atoms with Crippen LogP contribution in [-0.4, -0.2) is 47.5 Å². The van der Waals surface area contributed by atoms with Gasteiger partial charge in [-0.05, 0) is 42.8 Å². The monoisotopic (exact) mass is 406 g/mol. The number of allylic oxidation sites excluding steroid dienone is 2. The number of thiazole rings is 1. The minimum atomic E-state index is -3.86. The molecule has 1 aliphatic rings. The minimum Gasteiger partial charge on any atom is -0.374 e. The molecule has 0 atom stereocenters. The molecule has 1 aromatic heterocycles. The zero-order valence-electron chi connectivity index (χ0n) is 15.0. The predicted octanol–water partition coefficient (Wildman–Crippen LogP) is 2.55. The largest absolute Gasteiger partial charge is 0.374 e. The molecular formula is C18H22N4O3S2. The molecule has 0 fully saturated rings. The third kappa shape index (κ3) is 5.62. The van der Waals surface area contributed by atoms with E-state index >= 15 is 0 Å². The fraction of sp³-hybridized carbons (Fsp3) is 0.333. The lowest BCUT2D eigenvalue weighted by Gasteiger charge is -2.21. The highest BCUT2D eigenvalue weighted by atomic mass is 32.2. The second-order valence-corrected chi connectivity index (χ2v) is 8.85. The van der Waals surface area contributed by atoms with Gasteiger partial charge in [0.1, 0.15) is 0 Å². The summed E-state index contributed by atoms with van der Waals surface area (Å²) in [7, 11) is -1.88. The van der Waals surface area contributed by atoms with Crippen LogP contribution in [0.4, 0.5) is 0 Å². The van der Waals surface area contributed by atoms with E-state index in [1.807, 2.05) is 42.1 Å². The average molecular weight is 407 g/mol. The first-order valence-corrected chi connectivity index (χ1v) is 11.0. The Bertz CT molecular complexity index is 1060. The van der Waals surface area contributed by atoms with Gasteiger partial charge < -0.3 is 9.47 Å². The Balaban J connectivity index is 1.54. The molecule has 0 bridgehead atoms. The molecule has 0 aliphatic carbocycles. The first-order valence-electron chi connectivity index (χ1n) is 8.61. The molecule has 0 saturated heterocycles. The van der Waals surface area contributed by atoms with Crippen molar-refractivity contribution in [1.29, 1.82) is 0 Å². The number of benzene rings is 1. The van der Waals surface area contributed by atoms with Gasteiger partial charge in [0.2, 0.25) is 4.80 Å². The van der Waals surface area contributed by atoms with Crippen molar-refractivity contribution in [3.8, 4) is 0 Å². The fourth-order valence-electron chi connectivity index (χ4n) is 2.73. The first kappa shape index (κ1) is 19.5. The lowest BCUT2D eigenvalue weighted by atomic mass is 10.2. The molecule has 3 rings (SSSR count). The van der Waals surface area contributed by atoms with E-state index in [1.165, 1.54) is 4.70 Å². The molecule has 0 amide bonds. The number of fused-ring (bicyclic) bond motifs is 1. The Hall–Kier alpha value is -2.23. The third-order valence-corrected chi connectivity index (χ3v) is 6.11. The maximum atomic E-state index is 10.7. The summed E-state index contributed by atoms with van der Waals surface area (Å²) >= 11 is 1.60. The molecule has 0 radical (unpaired) electrons. The van der Waals surface area contributed by atoms with Crippen molar-refractivity contribution in [2.45, 2.75) is 12.8 Å². The highest BCUT2D eigenvalue weighted by Gasteiger charge is 2.06. The highest BCUT2D eigenvalue weighted by molar-refractivity contribution is 7.85. The summed E-state index contributed by atoms with van der Waals surface area (Å²) < 4.78 is 33.3. The number of aryl methyl sites for hydroxylation is 1. The van der Waals surface area contributed by atoms with Crippen LogP contribution >= 0.6 is 11.3 Å². The van der Waals surface area contributed by atoms with Crippen LogP contribution in [0.25, 0.3) is 10.2 Å². The van der Waals surface area contributed by atoms with Gasteiger partial charge in [0.15, 0.2) is 0 Å². The molecule has 2 heterocycles. The van der Waals surface area contributed by atoms with Gasteiger partial charge in [0.25, 0.3) is 10.1 Å². The molecule has 0 unspecified atom stereocenters. The number of aromatic nitrogens is 1. The predicted molar refractivity (Wildman–Crippen MR) is 109 cm³/mol. The molecule has 1 aliphatic heterocycles. The Morgan fingerprint density at radius 3 is 2.81 bits per heavy atom. The summed E-state index contributed by atoms with van der Waals surface area (Å²) in [6.07, 6.45) is 8.86. The van der Waals surface area contributed by atoms with Crippen LogP contribution in [0.1, 0.15) is 12.8 Å². The van der Waals surface area contributed by atoms with E-state index in [2.05, 4.69) is 27.2 Å². The molecule has 0 saturated carbocycles. The fourth-order valence-corrected chi connectivity index (χ4v) is 4.27. The summed E-state index contributed by atoms with van der Waals surface area (Å²) in [6.45, 7) is 1.48. The number of rotatable bonds is 7. The third-order valence-electron chi connectivity index (χ3n) is 4.20. The smallest absolute Gasteiger partial charge is 0.264 e. The van der Waals surface area contributed by atoms with Gasteiger partial charge in [-0.1, -0.05) is 29.5 Å². The van der Waals surface area contributed by atoms with Crippen LogP contribution in [0.15, 0.2) is 58.4 Å². The normalized spacial score (nSPS) is 15.9. The Morgan fingerprint density at radius 1 is 1.30 bits per heavy atom. The van der Waals surface area contributed by atoms with Crippen molar-refractivity contribution in [2.24, 2.45) is 17.3 Å². The Morgan fingerprint density at radius 2 is 2.11 bits per heavy atom. The summed E-state index contributed by atoms with van der Waals surface area (Å²) in [6, 6.07) is 8.15. The van der Waals surface area contributed by atoms with Crippen molar-refractivity contribution < 1.29 is 13.0 Å². The molecule has 1 aromatic carbocycles. The second-order valence-electron chi connectivity index (χ2n) is 6.26. The Labute approximate surface area is 162 Å². The van der Waals surface area contributed by atoms with Crippen molar-refractivity contribution in [1.82, 2.24) is 9.47 Å². The van der Waals surface area contributed by atoms with E-state index in [-0.39, 0.29) is 5.75 Å². The van der Waals surface area contributed by atoms with Gasteiger partial charge in [-0.3, -0.25) is 4.55 Å². The van der Waals surface area contributed by atoms with E-state index in [0.29, 0.717) is 12.8 Å². The van der Waals surface area contributed by atoms with Gasteiger partial charge in [0.05, 0.1) is 22.2 Å². The number of unbranched alkanes of at least 4 members (excludes halogenated alkanes) is 1. The topological polar surface area (TPSA) is 87.3 Å². The van der Waals surface area contributed by atoms with Gasteiger partial charge >= 0.3 is 0 Å². The zero-order valence-corrected chi connectivity index (χ0v) is 16.7. The van der Waals surface area contributed by atoms with Gasteiger partial charge in [-0.2, -0.15) is 13.5 Å². The van der Waals surface area contributed by atoms with Crippen LogP contribution in [0, 0.1) is 0 Å². The van der Waals surface area contributed by atoms with Crippen LogP contribution in [0.5, 0.6) is 0 Å². The lowest BCUT2D eigenvalue weighted by Crippen LogP contribution is -2.22. The molecule has 144 valence electrons. The maximum Gasteiger partial charge on any atom is 0.264 e. The van der Waals surface area contributed by atoms with Crippen molar-refractivity contribution in [3.05, 3.63) is 53.0 Å². The number of hydrogen-bond acceptors (Lipinski definition) is 6. The van der Waals surface area contributed by atoms with Gasteiger partial charge in [0, 0.05) is 20.1 Å². The number of nitrogens with zero attached hydrogens (tertiary/aromatic N) is 4. The molecular weight excluding hydrogens is 384 g/mol. The van der Waals surface area contributed by atoms with Gasteiger partial charge in [-0.25, -0.2) is 0 Å². The van der Waals surface area contributed by atoms with E-state index < -0.39 is 10.1 Å². The summed E-state index contributed by atoms with van der Waals surface area (Å²) in [5, 5.41) is 8.53. The lowest BCUT2D eigenvalue weighted by molar-refractivity contribution is 0.398. The molecule has 9 heteroatoms.